The zero-order valence-corrected chi connectivity index (χ0v) is 16.8. The molecule has 152 valence electrons. The molecule has 4 nitrogen and oxygen atoms in total. The molecule has 0 aromatic heterocycles. The summed E-state index contributed by atoms with van der Waals surface area (Å²) in [6, 6.07) is 3.90. The minimum atomic E-state index is -0.843. The predicted octanol–water partition coefficient (Wildman–Crippen LogP) is 3.25. The van der Waals surface area contributed by atoms with Gasteiger partial charge in [-0.05, 0) is 49.9 Å². The molecule has 0 radical (unpaired) electrons. The second kappa shape index (κ2) is 11.2. The molecule has 1 amide bonds. The van der Waals surface area contributed by atoms with Gasteiger partial charge in [0.05, 0.1) is 11.9 Å². The van der Waals surface area contributed by atoms with Gasteiger partial charge in [-0.2, -0.15) is 0 Å². The third-order valence-electron chi connectivity index (χ3n) is 5.01. The van der Waals surface area contributed by atoms with Crippen LogP contribution in [0.15, 0.2) is 18.2 Å². The Morgan fingerprint density at radius 3 is 2.85 bits per heavy atom. The van der Waals surface area contributed by atoms with Crippen LogP contribution in [0.1, 0.15) is 37.2 Å². The minimum absolute atomic E-state index is 0. The highest BCUT2D eigenvalue weighted by atomic mass is 35.5. The molecule has 2 heterocycles. The Morgan fingerprint density at radius 2 is 2.11 bits per heavy atom. The largest absolute Gasteiger partial charge is 0.377 e. The number of piperidine rings is 1. The fourth-order valence-electron chi connectivity index (χ4n) is 3.62. The van der Waals surface area contributed by atoms with Crippen LogP contribution in [-0.4, -0.2) is 49.3 Å². The summed E-state index contributed by atoms with van der Waals surface area (Å²) >= 11 is 1.59. The van der Waals surface area contributed by atoms with Crippen molar-refractivity contribution in [3.63, 3.8) is 0 Å². The Balaban J connectivity index is 0.00000261. The molecule has 0 saturated carbocycles. The van der Waals surface area contributed by atoms with Crippen LogP contribution in [0.3, 0.4) is 0 Å². The van der Waals surface area contributed by atoms with E-state index >= 15 is 0 Å². The average molecular weight is 421 g/mol. The van der Waals surface area contributed by atoms with E-state index in [9.17, 15) is 13.6 Å². The summed E-state index contributed by atoms with van der Waals surface area (Å²) in [5.74, 6) is -0.489. The maximum Gasteiger partial charge on any atom is 0.230 e. The second-order valence-corrected chi connectivity index (χ2v) is 7.98. The van der Waals surface area contributed by atoms with Gasteiger partial charge in [-0.1, -0.05) is 6.07 Å². The van der Waals surface area contributed by atoms with Crippen molar-refractivity contribution in [3.8, 4) is 0 Å². The first-order chi connectivity index (χ1) is 12.6. The van der Waals surface area contributed by atoms with Gasteiger partial charge in [0.1, 0.15) is 0 Å². The van der Waals surface area contributed by atoms with Crippen LogP contribution < -0.4 is 10.6 Å². The van der Waals surface area contributed by atoms with Crippen LogP contribution in [0.5, 0.6) is 0 Å². The molecule has 3 unspecified atom stereocenters. The van der Waals surface area contributed by atoms with Gasteiger partial charge in [-0.15, -0.1) is 24.2 Å². The lowest BCUT2D eigenvalue weighted by Gasteiger charge is -2.33. The molecule has 0 spiro atoms. The van der Waals surface area contributed by atoms with Crippen LogP contribution in [0.4, 0.5) is 8.78 Å². The monoisotopic (exact) mass is 420 g/mol. The Hall–Kier alpha value is -0.890. The van der Waals surface area contributed by atoms with Crippen LogP contribution >= 0.6 is 24.2 Å². The first kappa shape index (κ1) is 22.4. The first-order valence-corrected chi connectivity index (χ1v) is 10.4. The van der Waals surface area contributed by atoms with E-state index in [2.05, 4.69) is 10.6 Å². The van der Waals surface area contributed by atoms with Gasteiger partial charge in [0, 0.05) is 30.9 Å². The maximum absolute atomic E-state index is 13.6. The van der Waals surface area contributed by atoms with E-state index in [-0.39, 0.29) is 36.4 Å². The van der Waals surface area contributed by atoms with Gasteiger partial charge in [0.15, 0.2) is 11.6 Å². The van der Waals surface area contributed by atoms with Crippen molar-refractivity contribution >= 4 is 30.1 Å². The standard InChI is InChI=1S/C19H26F2N2O2S.ClH/c20-16-5-4-13(9-17(16)21)15-6-7-22-10-18(15)23-19(24)12-26-11-14-3-1-2-8-25-14;/h4-5,9,14-15,18,22H,1-3,6-8,10-12H2,(H,23,24);1H. The normalized spacial score (nSPS) is 25.5. The van der Waals surface area contributed by atoms with Crippen LogP contribution in [0.2, 0.25) is 0 Å². The quantitative estimate of drug-likeness (QED) is 0.741. The molecular formula is C19H27ClF2N2O2S. The van der Waals surface area contributed by atoms with E-state index in [0.717, 1.165) is 49.8 Å². The number of nitrogens with one attached hydrogen (secondary N) is 2. The van der Waals surface area contributed by atoms with Crippen molar-refractivity contribution < 1.29 is 18.3 Å². The maximum atomic E-state index is 13.6. The number of thioether (sulfide) groups is 1. The SMILES string of the molecule is Cl.O=C(CSCC1CCCCO1)NC1CNCCC1c1ccc(F)c(F)c1. The fraction of sp³-hybridized carbons (Fsp3) is 0.632. The average Bonchev–Trinajstić information content (AvgIpc) is 2.65. The summed E-state index contributed by atoms with van der Waals surface area (Å²) in [6.45, 7) is 2.25. The molecule has 1 aromatic carbocycles. The van der Waals surface area contributed by atoms with Crippen LogP contribution in [0, 0.1) is 11.6 Å². The molecule has 0 bridgehead atoms. The highest BCUT2D eigenvalue weighted by Gasteiger charge is 2.28. The molecule has 27 heavy (non-hydrogen) atoms. The van der Waals surface area contributed by atoms with Crippen LogP contribution in [-0.2, 0) is 9.53 Å². The highest BCUT2D eigenvalue weighted by Crippen LogP contribution is 2.27. The summed E-state index contributed by atoms with van der Waals surface area (Å²) in [7, 11) is 0. The number of ether oxygens (including phenoxy) is 1. The smallest absolute Gasteiger partial charge is 0.230 e. The summed E-state index contributed by atoms with van der Waals surface area (Å²) in [5, 5.41) is 6.32. The van der Waals surface area contributed by atoms with E-state index in [1.165, 1.54) is 12.5 Å². The molecule has 1 aromatic rings. The zero-order chi connectivity index (χ0) is 18.4. The topological polar surface area (TPSA) is 50.4 Å². The summed E-state index contributed by atoms with van der Waals surface area (Å²) in [4.78, 5) is 12.3. The highest BCUT2D eigenvalue weighted by molar-refractivity contribution is 7.99. The fourth-order valence-corrected chi connectivity index (χ4v) is 4.53. The van der Waals surface area contributed by atoms with E-state index < -0.39 is 11.6 Å². The lowest BCUT2D eigenvalue weighted by Crippen LogP contribution is -2.50. The van der Waals surface area contributed by atoms with Crippen molar-refractivity contribution in [3.05, 3.63) is 35.4 Å². The molecule has 2 aliphatic heterocycles. The molecule has 2 aliphatic rings. The molecule has 2 saturated heterocycles. The molecule has 2 fully saturated rings. The van der Waals surface area contributed by atoms with Gasteiger partial charge >= 0.3 is 0 Å². The van der Waals surface area contributed by atoms with Crippen molar-refractivity contribution in [2.24, 2.45) is 0 Å². The molecule has 8 heteroatoms. The lowest BCUT2D eigenvalue weighted by molar-refractivity contribution is -0.119. The summed E-state index contributed by atoms with van der Waals surface area (Å²) in [5.41, 5.74) is 0.735. The van der Waals surface area contributed by atoms with Gasteiger partial charge in [-0.25, -0.2) is 8.78 Å². The molecule has 0 aliphatic carbocycles. The third kappa shape index (κ3) is 6.59. The minimum Gasteiger partial charge on any atom is -0.377 e. The Labute approximate surface area is 169 Å². The number of benzene rings is 1. The number of carbonyl (C=O) groups excluding carboxylic acids is 1. The van der Waals surface area contributed by atoms with Crippen molar-refractivity contribution in [1.82, 2.24) is 10.6 Å². The predicted molar refractivity (Wildman–Crippen MR) is 107 cm³/mol. The van der Waals surface area contributed by atoms with Crippen molar-refractivity contribution in [1.29, 1.82) is 0 Å². The first-order valence-electron chi connectivity index (χ1n) is 9.28. The molecule has 2 N–H and O–H groups in total. The Bertz CT molecular complexity index is 617. The number of hydrogen-bond donors (Lipinski definition) is 2. The lowest BCUT2D eigenvalue weighted by atomic mass is 9.86. The Morgan fingerprint density at radius 1 is 1.26 bits per heavy atom. The van der Waals surface area contributed by atoms with E-state index in [0.29, 0.717) is 12.3 Å². The number of halogens is 3. The van der Waals surface area contributed by atoms with Crippen LogP contribution in [0.25, 0.3) is 0 Å². The summed E-state index contributed by atoms with van der Waals surface area (Å²) in [6.07, 6.45) is 4.43. The van der Waals surface area contributed by atoms with Crippen molar-refractivity contribution in [2.75, 3.05) is 31.2 Å². The molecule has 3 rings (SSSR count). The van der Waals surface area contributed by atoms with Gasteiger partial charge in [0.2, 0.25) is 5.91 Å². The number of carbonyl (C=O) groups is 1. The van der Waals surface area contributed by atoms with E-state index in [4.69, 9.17) is 4.74 Å². The zero-order valence-electron chi connectivity index (χ0n) is 15.2. The van der Waals surface area contributed by atoms with Crippen molar-refractivity contribution in [2.45, 2.75) is 43.7 Å². The second-order valence-electron chi connectivity index (χ2n) is 6.95. The third-order valence-corrected chi connectivity index (χ3v) is 6.08. The van der Waals surface area contributed by atoms with Gasteiger partial charge in [-0.3, -0.25) is 4.79 Å². The number of amides is 1. The summed E-state index contributed by atoms with van der Waals surface area (Å²) < 4.78 is 32.4. The van der Waals surface area contributed by atoms with Gasteiger partial charge < -0.3 is 15.4 Å². The molecule has 3 atom stereocenters. The number of rotatable bonds is 6. The molecular weight excluding hydrogens is 394 g/mol. The number of hydrogen-bond acceptors (Lipinski definition) is 4. The van der Waals surface area contributed by atoms with E-state index in [1.807, 2.05) is 0 Å². The van der Waals surface area contributed by atoms with E-state index in [1.54, 1.807) is 17.8 Å². The Kier molecular flexibility index (Phi) is 9.29. The van der Waals surface area contributed by atoms with Gasteiger partial charge in [0.25, 0.3) is 0 Å².